The number of benzene rings is 1. The highest BCUT2D eigenvalue weighted by Gasteiger charge is 2.53. The average Bonchev–Trinajstić information content (AvgIpc) is 3.19. The second-order valence-corrected chi connectivity index (χ2v) is 9.20. The lowest BCUT2D eigenvalue weighted by atomic mass is 9.89. The van der Waals surface area contributed by atoms with Gasteiger partial charge in [0.05, 0.1) is 10.5 Å². The zero-order valence-corrected chi connectivity index (χ0v) is 14.6. The standard InChI is InChI=1S/C15H18BrFN2OS/c1-14(2,3)21(20)19-13(9-18)15(6-7-15)10-4-5-11(16)12(17)8-10/h4-5,8,13,19H,6-7H2,1-3H3/t13-,21-/m1/s1. The highest BCUT2D eigenvalue weighted by atomic mass is 79.9. The molecule has 0 aliphatic heterocycles. The number of hydrogen-bond donors (Lipinski definition) is 1. The third kappa shape index (κ3) is 3.42. The molecule has 2 rings (SSSR count). The van der Waals surface area contributed by atoms with Crippen LogP contribution in [0.1, 0.15) is 39.2 Å². The van der Waals surface area contributed by atoms with Gasteiger partial charge in [-0.3, -0.25) is 0 Å². The molecule has 0 unspecified atom stereocenters. The predicted molar refractivity (Wildman–Crippen MR) is 85.4 cm³/mol. The number of hydrogen-bond acceptors (Lipinski definition) is 3. The van der Waals surface area contributed by atoms with Crippen molar-refractivity contribution >= 4 is 27.3 Å². The minimum atomic E-state index is -1.33. The second-order valence-electron chi connectivity index (χ2n) is 6.35. The summed E-state index contributed by atoms with van der Waals surface area (Å²) in [6.45, 7) is 5.55. The molecule has 0 bridgehead atoms. The van der Waals surface area contributed by atoms with E-state index in [0.29, 0.717) is 4.47 Å². The Morgan fingerprint density at radius 1 is 1.48 bits per heavy atom. The number of halogens is 2. The van der Waals surface area contributed by atoms with Gasteiger partial charge in [-0.05, 0) is 67.2 Å². The molecule has 0 aromatic heterocycles. The molecule has 1 aliphatic rings. The molecule has 1 aromatic rings. The van der Waals surface area contributed by atoms with Crippen LogP contribution in [0.3, 0.4) is 0 Å². The summed E-state index contributed by atoms with van der Waals surface area (Å²) in [5.74, 6) is -0.340. The predicted octanol–water partition coefficient (Wildman–Crippen LogP) is 3.56. The van der Waals surface area contributed by atoms with Crippen LogP contribution in [0.2, 0.25) is 0 Å². The van der Waals surface area contributed by atoms with E-state index < -0.39 is 27.6 Å². The fraction of sp³-hybridized carbons (Fsp3) is 0.533. The summed E-state index contributed by atoms with van der Waals surface area (Å²) in [7, 11) is 0. The highest BCUT2D eigenvalue weighted by molar-refractivity contribution is 9.10. The summed E-state index contributed by atoms with van der Waals surface area (Å²) in [5.41, 5.74) is 0.352. The van der Waals surface area contributed by atoms with Crippen molar-refractivity contribution in [2.24, 2.45) is 0 Å². The Balaban J connectivity index is 2.25. The third-order valence-electron chi connectivity index (χ3n) is 3.75. The number of nitrogens with zero attached hydrogens (tertiary/aromatic N) is 1. The van der Waals surface area contributed by atoms with Crippen molar-refractivity contribution in [2.75, 3.05) is 0 Å². The van der Waals surface area contributed by atoms with Gasteiger partial charge in [-0.2, -0.15) is 5.26 Å². The molecular weight excluding hydrogens is 355 g/mol. The van der Waals surface area contributed by atoms with Gasteiger partial charge in [0.1, 0.15) is 16.6 Å². The van der Waals surface area contributed by atoms with E-state index in [0.717, 1.165) is 18.4 Å². The van der Waals surface area contributed by atoms with Crippen LogP contribution in [-0.2, 0) is 16.8 Å². The van der Waals surface area contributed by atoms with Crippen molar-refractivity contribution < 1.29 is 8.94 Å². The lowest BCUT2D eigenvalue weighted by Crippen LogP contribution is -2.48. The maximum atomic E-state index is 13.7. The largest absolute Gasteiger partial charge is 0.598 e. The third-order valence-corrected chi connectivity index (χ3v) is 5.95. The summed E-state index contributed by atoms with van der Waals surface area (Å²) in [4.78, 5) is 0. The summed E-state index contributed by atoms with van der Waals surface area (Å²) in [6, 6.07) is 6.56. The van der Waals surface area contributed by atoms with Gasteiger partial charge < -0.3 is 4.55 Å². The number of nitrogens with one attached hydrogen (secondary N) is 1. The molecule has 6 heteroatoms. The van der Waals surface area contributed by atoms with Crippen LogP contribution < -0.4 is 4.72 Å². The Morgan fingerprint density at radius 2 is 2.10 bits per heavy atom. The van der Waals surface area contributed by atoms with E-state index in [2.05, 4.69) is 26.7 Å². The van der Waals surface area contributed by atoms with Crippen LogP contribution in [0, 0.1) is 17.1 Å². The van der Waals surface area contributed by atoms with Crippen LogP contribution >= 0.6 is 15.9 Å². The first-order chi connectivity index (χ1) is 9.70. The van der Waals surface area contributed by atoms with Crippen LogP contribution in [0.15, 0.2) is 22.7 Å². The monoisotopic (exact) mass is 372 g/mol. The fourth-order valence-corrected chi connectivity index (χ4v) is 3.32. The first kappa shape index (κ1) is 16.8. The Morgan fingerprint density at radius 3 is 2.52 bits per heavy atom. The fourth-order valence-electron chi connectivity index (χ4n) is 2.23. The summed E-state index contributed by atoms with van der Waals surface area (Å²) in [5, 5.41) is 9.45. The Labute approximate surface area is 136 Å². The molecule has 1 N–H and O–H groups in total. The molecule has 0 spiro atoms. The molecule has 0 amide bonds. The van der Waals surface area contributed by atoms with E-state index in [1.807, 2.05) is 26.8 Å². The van der Waals surface area contributed by atoms with E-state index in [1.165, 1.54) is 6.07 Å². The molecular formula is C15H18BrFN2OS. The van der Waals surface area contributed by atoms with Crippen molar-refractivity contribution in [3.8, 4) is 6.07 Å². The van der Waals surface area contributed by atoms with Crippen LogP contribution in [0.25, 0.3) is 0 Å². The maximum absolute atomic E-state index is 13.7. The van der Waals surface area contributed by atoms with Crippen molar-refractivity contribution in [2.45, 2.75) is 49.8 Å². The van der Waals surface area contributed by atoms with E-state index in [1.54, 1.807) is 6.07 Å². The summed E-state index contributed by atoms with van der Waals surface area (Å²) in [6.07, 6.45) is 1.58. The molecule has 2 atom stereocenters. The Bertz CT molecular complexity index is 578. The Kier molecular flexibility index (Phi) is 4.69. The van der Waals surface area contributed by atoms with Gasteiger partial charge in [0, 0.05) is 16.8 Å². The molecule has 1 saturated carbocycles. The van der Waals surface area contributed by atoms with E-state index >= 15 is 0 Å². The van der Waals surface area contributed by atoms with E-state index in [9.17, 15) is 14.2 Å². The molecule has 0 heterocycles. The summed E-state index contributed by atoms with van der Waals surface area (Å²) >= 11 is 1.80. The maximum Gasteiger partial charge on any atom is 0.148 e. The van der Waals surface area contributed by atoms with E-state index in [4.69, 9.17) is 0 Å². The van der Waals surface area contributed by atoms with Gasteiger partial charge in [0.25, 0.3) is 0 Å². The van der Waals surface area contributed by atoms with Crippen molar-refractivity contribution in [1.29, 1.82) is 5.26 Å². The first-order valence-corrected chi connectivity index (χ1v) is 8.68. The number of nitriles is 1. The van der Waals surface area contributed by atoms with Gasteiger partial charge in [-0.25, -0.2) is 4.39 Å². The smallest absolute Gasteiger partial charge is 0.148 e. The molecule has 1 fully saturated rings. The lowest BCUT2D eigenvalue weighted by Gasteiger charge is -2.29. The minimum Gasteiger partial charge on any atom is -0.598 e. The van der Waals surface area contributed by atoms with Crippen molar-refractivity contribution in [1.82, 2.24) is 4.72 Å². The van der Waals surface area contributed by atoms with Gasteiger partial charge in [0.2, 0.25) is 0 Å². The number of rotatable bonds is 4. The average molecular weight is 373 g/mol. The van der Waals surface area contributed by atoms with Gasteiger partial charge in [0.15, 0.2) is 0 Å². The molecule has 0 saturated heterocycles. The molecule has 21 heavy (non-hydrogen) atoms. The van der Waals surface area contributed by atoms with E-state index in [-0.39, 0.29) is 5.82 Å². The zero-order chi connectivity index (χ0) is 15.8. The van der Waals surface area contributed by atoms with Gasteiger partial charge >= 0.3 is 0 Å². The molecule has 0 radical (unpaired) electrons. The van der Waals surface area contributed by atoms with Crippen LogP contribution in [0.5, 0.6) is 0 Å². The van der Waals surface area contributed by atoms with Gasteiger partial charge in [-0.1, -0.05) is 6.07 Å². The van der Waals surface area contributed by atoms with Crippen molar-refractivity contribution in [3.63, 3.8) is 0 Å². The topological polar surface area (TPSA) is 58.9 Å². The van der Waals surface area contributed by atoms with Crippen LogP contribution in [0.4, 0.5) is 4.39 Å². The van der Waals surface area contributed by atoms with Gasteiger partial charge in [-0.15, -0.1) is 4.72 Å². The first-order valence-electron chi connectivity index (χ1n) is 6.74. The van der Waals surface area contributed by atoms with Crippen molar-refractivity contribution in [3.05, 3.63) is 34.1 Å². The Hall–Kier alpha value is -0.610. The second kappa shape index (κ2) is 5.88. The summed E-state index contributed by atoms with van der Waals surface area (Å²) < 4.78 is 28.8. The molecule has 3 nitrogen and oxygen atoms in total. The molecule has 114 valence electrons. The normalized spacial score (nSPS) is 19.7. The molecule has 1 aromatic carbocycles. The molecule has 1 aliphatic carbocycles. The SMILES string of the molecule is CC(C)(C)[S@@+]([O-])N[C@H](C#N)C1(c2ccc(Br)c(F)c2)CC1. The highest BCUT2D eigenvalue weighted by Crippen LogP contribution is 2.51. The lowest BCUT2D eigenvalue weighted by molar-refractivity contribution is 0.505. The quantitative estimate of drug-likeness (QED) is 0.821. The minimum absolute atomic E-state index is 0.340. The van der Waals surface area contributed by atoms with Crippen LogP contribution in [-0.4, -0.2) is 15.3 Å². The zero-order valence-electron chi connectivity index (χ0n) is 12.2.